The topological polar surface area (TPSA) is 37.3 Å². The molecule has 4 fully saturated rings. The highest BCUT2D eigenvalue weighted by molar-refractivity contribution is 5.79. The van der Waals surface area contributed by atoms with Crippen LogP contribution in [0.2, 0.25) is 0 Å². The maximum atomic E-state index is 13.2. The molecule has 0 unspecified atom stereocenters. The highest BCUT2D eigenvalue weighted by Gasteiger charge is 2.61. The highest BCUT2D eigenvalue weighted by Crippen LogP contribution is 2.68. The van der Waals surface area contributed by atoms with Gasteiger partial charge in [-0.2, -0.15) is 0 Å². The van der Waals surface area contributed by atoms with Crippen molar-refractivity contribution in [2.24, 2.45) is 40.4 Å². The molecule has 4 aliphatic rings. The number of halogens is 1. The van der Waals surface area contributed by atoms with Gasteiger partial charge in [-0.3, -0.25) is 4.79 Å². The minimum absolute atomic E-state index is 0.201. The Hall–Kier alpha value is -1.66. The summed E-state index contributed by atoms with van der Waals surface area (Å²) in [6.45, 7) is 6.70. The Labute approximate surface area is 192 Å². The summed E-state index contributed by atoms with van der Waals surface area (Å²) in [6.07, 6.45) is 9.59. The lowest BCUT2D eigenvalue weighted by atomic mass is 9.44. The van der Waals surface area contributed by atoms with Crippen LogP contribution in [-0.4, -0.2) is 16.5 Å². The second-order valence-electron chi connectivity index (χ2n) is 11.9. The van der Waals surface area contributed by atoms with E-state index in [-0.39, 0.29) is 22.6 Å². The molecule has 0 saturated heterocycles. The largest absolute Gasteiger partial charge is 0.378 e. The average molecular weight is 437 g/mol. The highest BCUT2D eigenvalue weighted by atomic mass is 19.1. The predicted octanol–water partition coefficient (Wildman–Crippen LogP) is 6.16. The van der Waals surface area contributed by atoms with Crippen molar-refractivity contribution in [2.75, 3.05) is 0 Å². The van der Waals surface area contributed by atoms with E-state index in [1.54, 1.807) is 19.1 Å². The van der Waals surface area contributed by atoms with Crippen LogP contribution in [0.25, 0.3) is 0 Å². The van der Waals surface area contributed by atoms with E-state index >= 15 is 0 Å². The van der Waals surface area contributed by atoms with Gasteiger partial charge in [0.25, 0.3) is 0 Å². The summed E-state index contributed by atoms with van der Waals surface area (Å²) < 4.78 is 13.2. The van der Waals surface area contributed by atoms with E-state index in [0.29, 0.717) is 23.5 Å². The molecule has 1 aromatic carbocycles. The fourth-order valence-corrected chi connectivity index (χ4v) is 8.75. The van der Waals surface area contributed by atoms with Crippen LogP contribution in [0.4, 0.5) is 4.39 Å². The van der Waals surface area contributed by atoms with Crippen LogP contribution < -0.4 is 0 Å². The van der Waals surface area contributed by atoms with Crippen molar-refractivity contribution in [3.63, 3.8) is 0 Å². The lowest BCUT2D eigenvalue weighted by molar-refractivity contribution is -0.144. The van der Waals surface area contributed by atoms with Crippen molar-refractivity contribution in [1.82, 2.24) is 0 Å². The molecule has 8 atom stereocenters. The van der Waals surface area contributed by atoms with E-state index in [4.69, 9.17) is 0 Å². The fourth-order valence-electron chi connectivity index (χ4n) is 8.75. The zero-order valence-electron chi connectivity index (χ0n) is 19.8. The van der Waals surface area contributed by atoms with Crippen LogP contribution in [0.3, 0.4) is 0 Å². The van der Waals surface area contributed by atoms with Crippen LogP contribution in [0, 0.1) is 58.1 Å². The van der Waals surface area contributed by atoms with Gasteiger partial charge in [-0.1, -0.05) is 25.7 Å². The molecule has 0 heterocycles. The molecule has 0 aromatic heterocycles. The quantitative estimate of drug-likeness (QED) is 0.536. The Kier molecular flexibility index (Phi) is 5.33. The number of carbonyl (C=O) groups excluding carboxylic acids is 1. The molecule has 172 valence electrons. The van der Waals surface area contributed by atoms with E-state index in [2.05, 4.69) is 25.7 Å². The molecule has 2 nitrogen and oxygen atoms in total. The smallest absolute Gasteiger partial charge is 0.133 e. The number of aliphatic hydroxyl groups is 1. The SMILES string of the molecule is CC(=O)[C@H]1CC[C@H]2[C@@H]3CC[C@@H]4C[C@@](O)(C#Cc5ccc(F)cc5)CC[C@]4(C)[C@H]3CC[C@]12C. The molecule has 0 aliphatic heterocycles. The van der Waals surface area contributed by atoms with Crippen molar-refractivity contribution in [1.29, 1.82) is 0 Å². The third kappa shape index (κ3) is 3.45. The number of carbonyl (C=O) groups is 1. The molecule has 0 radical (unpaired) electrons. The van der Waals surface area contributed by atoms with E-state index in [0.717, 1.165) is 43.6 Å². The van der Waals surface area contributed by atoms with Gasteiger partial charge in [0.2, 0.25) is 0 Å². The molecule has 5 rings (SSSR count). The molecule has 0 amide bonds. The number of hydrogen-bond donors (Lipinski definition) is 1. The zero-order valence-corrected chi connectivity index (χ0v) is 19.8. The molecule has 1 aromatic rings. The number of hydrogen-bond acceptors (Lipinski definition) is 2. The Balaban J connectivity index is 1.34. The summed E-state index contributed by atoms with van der Waals surface area (Å²) in [4.78, 5) is 12.4. The number of ketones is 1. The fraction of sp³-hybridized carbons (Fsp3) is 0.690. The van der Waals surface area contributed by atoms with Gasteiger partial charge in [0, 0.05) is 11.5 Å². The summed E-state index contributed by atoms with van der Waals surface area (Å²) in [7, 11) is 0. The Morgan fingerprint density at radius 2 is 1.69 bits per heavy atom. The lowest BCUT2D eigenvalue weighted by Gasteiger charge is -2.61. The summed E-state index contributed by atoms with van der Waals surface area (Å²) >= 11 is 0. The number of fused-ring (bicyclic) bond motifs is 5. The maximum Gasteiger partial charge on any atom is 0.133 e. The van der Waals surface area contributed by atoms with E-state index in [1.807, 2.05) is 0 Å². The standard InChI is InChI=1S/C29H37FO2/c1-19(31)24-10-11-25-23-9-6-21-18-29(32,15-12-20-4-7-22(30)8-5-20)17-16-27(21,2)26(23)13-14-28(24,25)3/h4-5,7-8,21,23-26,32H,6,9-11,13-14,16-18H2,1-3H3/t21-,23+,24-,25+,26+,27+,28-,29-/m1/s1. The minimum atomic E-state index is -0.943. The Morgan fingerprint density at radius 3 is 2.41 bits per heavy atom. The number of benzene rings is 1. The second-order valence-corrected chi connectivity index (χ2v) is 11.9. The molecule has 0 bridgehead atoms. The average Bonchev–Trinajstić information content (AvgIpc) is 3.12. The summed E-state index contributed by atoms with van der Waals surface area (Å²) in [6, 6.07) is 6.20. The zero-order chi connectivity index (χ0) is 22.7. The van der Waals surface area contributed by atoms with Crippen molar-refractivity contribution in [3.8, 4) is 11.8 Å². The summed E-state index contributed by atoms with van der Waals surface area (Å²) in [5, 5.41) is 11.3. The van der Waals surface area contributed by atoms with Crippen molar-refractivity contribution in [3.05, 3.63) is 35.6 Å². The first-order chi connectivity index (χ1) is 15.1. The molecule has 1 N–H and O–H groups in total. The van der Waals surface area contributed by atoms with Gasteiger partial charge in [-0.25, -0.2) is 4.39 Å². The normalized spacial score (nSPS) is 45.1. The maximum absolute atomic E-state index is 13.2. The Bertz CT molecular complexity index is 958. The molecule has 4 aliphatic carbocycles. The molecule has 4 saturated carbocycles. The van der Waals surface area contributed by atoms with Crippen LogP contribution in [-0.2, 0) is 4.79 Å². The van der Waals surface area contributed by atoms with E-state index in [1.165, 1.54) is 37.8 Å². The van der Waals surface area contributed by atoms with E-state index < -0.39 is 5.60 Å². The first-order valence-corrected chi connectivity index (χ1v) is 12.7. The lowest BCUT2D eigenvalue weighted by Crippen LogP contribution is -2.56. The van der Waals surface area contributed by atoms with Gasteiger partial charge >= 0.3 is 0 Å². The van der Waals surface area contributed by atoms with Crippen LogP contribution in [0.1, 0.15) is 84.1 Å². The van der Waals surface area contributed by atoms with Crippen LogP contribution in [0.5, 0.6) is 0 Å². The second kappa shape index (κ2) is 7.69. The third-order valence-electron chi connectivity index (χ3n) is 10.5. The van der Waals surface area contributed by atoms with Gasteiger partial charge in [-0.05, 0) is 123 Å². The monoisotopic (exact) mass is 436 g/mol. The number of Topliss-reactive ketones (excluding diaryl/α,β-unsaturated/α-hetero) is 1. The predicted molar refractivity (Wildman–Crippen MR) is 124 cm³/mol. The van der Waals surface area contributed by atoms with Crippen LogP contribution >= 0.6 is 0 Å². The van der Waals surface area contributed by atoms with Gasteiger partial charge in [0.15, 0.2) is 0 Å². The first-order valence-electron chi connectivity index (χ1n) is 12.7. The van der Waals surface area contributed by atoms with Gasteiger partial charge in [0.1, 0.15) is 17.2 Å². The molecular weight excluding hydrogens is 399 g/mol. The molecule has 0 spiro atoms. The van der Waals surface area contributed by atoms with Crippen molar-refractivity contribution >= 4 is 5.78 Å². The van der Waals surface area contributed by atoms with Gasteiger partial charge in [0.05, 0.1) is 0 Å². The van der Waals surface area contributed by atoms with Gasteiger partial charge < -0.3 is 5.11 Å². The Morgan fingerprint density at radius 1 is 0.969 bits per heavy atom. The van der Waals surface area contributed by atoms with Crippen LogP contribution in [0.15, 0.2) is 24.3 Å². The molecular formula is C29H37FO2. The number of rotatable bonds is 1. The summed E-state index contributed by atoms with van der Waals surface area (Å²) in [5.41, 5.74) is 0.278. The third-order valence-corrected chi connectivity index (χ3v) is 10.5. The van der Waals surface area contributed by atoms with E-state index in [9.17, 15) is 14.3 Å². The first kappa shape index (κ1) is 22.1. The van der Waals surface area contributed by atoms with Crippen molar-refractivity contribution < 1.29 is 14.3 Å². The molecule has 32 heavy (non-hydrogen) atoms. The van der Waals surface area contributed by atoms with Gasteiger partial charge in [-0.15, -0.1) is 0 Å². The molecule has 3 heteroatoms. The van der Waals surface area contributed by atoms with Crippen molar-refractivity contribution in [2.45, 2.75) is 84.2 Å². The summed E-state index contributed by atoms with van der Waals surface area (Å²) in [5.74, 6) is 9.28. The minimum Gasteiger partial charge on any atom is -0.378 e.